The fourth-order valence-electron chi connectivity index (χ4n) is 2.92. The normalized spacial score (nSPS) is 13.9. The molecule has 6 heteroatoms. The number of hydrogen-bond donors (Lipinski definition) is 1. The zero-order chi connectivity index (χ0) is 19.2. The van der Waals surface area contributed by atoms with Crippen molar-refractivity contribution in [2.45, 2.75) is 6.42 Å². The molecule has 3 rings (SSSR count). The highest BCUT2D eigenvalue weighted by atomic mass is 16.5. The van der Waals surface area contributed by atoms with Gasteiger partial charge in [0.1, 0.15) is 0 Å². The number of carbonyl (C=O) groups is 2. The number of benzene rings is 2. The van der Waals surface area contributed by atoms with E-state index in [1.165, 1.54) is 0 Å². The van der Waals surface area contributed by atoms with Gasteiger partial charge in [-0.2, -0.15) is 0 Å². The zero-order valence-corrected chi connectivity index (χ0v) is 15.8. The number of nitrogens with one attached hydrogen (secondary N) is 1. The average molecular weight is 367 g/mol. The Labute approximate surface area is 159 Å². The van der Waals surface area contributed by atoms with Crippen molar-refractivity contribution in [2.75, 3.05) is 50.6 Å². The Morgan fingerprint density at radius 3 is 2.22 bits per heavy atom. The quantitative estimate of drug-likeness (QED) is 0.882. The molecule has 6 nitrogen and oxygen atoms in total. The molecule has 0 aliphatic carbocycles. The van der Waals surface area contributed by atoms with Gasteiger partial charge < -0.3 is 19.9 Å². The van der Waals surface area contributed by atoms with E-state index in [1.54, 1.807) is 12.1 Å². The van der Waals surface area contributed by atoms with Crippen LogP contribution in [-0.4, -0.2) is 57.1 Å². The zero-order valence-electron chi connectivity index (χ0n) is 15.8. The highest BCUT2D eigenvalue weighted by molar-refractivity contribution is 6.04. The molecule has 2 aromatic rings. The van der Waals surface area contributed by atoms with Crippen LogP contribution >= 0.6 is 0 Å². The van der Waals surface area contributed by atoms with Gasteiger partial charge in [0.25, 0.3) is 5.91 Å². The van der Waals surface area contributed by atoms with E-state index in [4.69, 9.17) is 4.74 Å². The summed E-state index contributed by atoms with van der Waals surface area (Å²) >= 11 is 0. The molecule has 1 N–H and O–H groups in total. The number of anilines is 2. The Bertz CT molecular complexity index is 779. The van der Waals surface area contributed by atoms with Gasteiger partial charge in [-0.3, -0.25) is 9.59 Å². The topological polar surface area (TPSA) is 61.9 Å². The Balaban J connectivity index is 1.56. The van der Waals surface area contributed by atoms with Gasteiger partial charge in [0, 0.05) is 44.1 Å². The molecule has 0 aromatic heterocycles. The van der Waals surface area contributed by atoms with Crippen molar-refractivity contribution in [3.8, 4) is 0 Å². The Hall–Kier alpha value is -2.86. The van der Waals surface area contributed by atoms with Gasteiger partial charge in [0.15, 0.2) is 0 Å². The molecule has 2 aromatic carbocycles. The van der Waals surface area contributed by atoms with E-state index < -0.39 is 0 Å². The maximum atomic E-state index is 12.4. The summed E-state index contributed by atoms with van der Waals surface area (Å²) in [6, 6.07) is 14.8. The molecule has 1 aliphatic rings. The minimum atomic E-state index is -0.155. The van der Waals surface area contributed by atoms with E-state index in [-0.39, 0.29) is 11.8 Å². The van der Waals surface area contributed by atoms with Crippen molar-refractivity contribution >= 4 is 23.2 Å². The molecule has 0 unspecified atom stereocenters. The molecule has 2 amide bonds. The minimum Gasteiger partial charge on any atom is -0.378 e. The van der Waals surface area contributed by atoms with Crippen LogP contribution in [0.2, 0.25) is 0 Å². The van der Waals surface area contributed by atoms with Gasteiger partial charge in [0.2, 0.25) is 5.91 Å². The molecular weight excluding hydrogens is 342 g/mol. The van der Waals surface area contributed by atoms with Crippen LogP contribution < -0.4 is 10.2 Å². The largest absolute Gasteiger partial charge is 0.378 e. The summed E-state index contributed by atoms with van der Waals surface area (Å²) in [6.07, 6.45) is 0.361. The smallest absolute Gasteiger partial charge is 0.255 e. The third kappa shape index (κ3) is 5.08. The SMILES string of the molecule is CN(C)c1ccc(C(=O)Nc2ccc(CC(=O)N3CCOCC3)cc2)cc1. The minimum absolute atomic E-state index is 0.107. The monoisotopic (exact) mass is 367 g/mol. The van der Waals surface area contributed by atoms with E-state index in [0.717, 1.165) is 11.3 Å². The molecule has 1 fully saturated rings. The molecule has 0 radical (unpaired) electrons. The lowest BCUT2D eigenvalue weighted by Gasteiger charge is -2.26. The predicted octanol–water partition coefficient (Wildman–Crippen LogP) is 2.41. The predicted molar refractivity (Wildman–Crippen MR) is 106 cm³/mol. The molecule has 1 saturated heterocycles. The number of nitrogens with zero attached hydrogens (tertiary/aromatic N) is 2. The first-order valence-corrected chi connectivity index (χ1v) is 9.06. The highest BCUT2D eigenvalue weighted by Gasteiger charge is 2.17. The highest BCUT2D eigenvalue weighted by Crippen LogP contribution is 2.15. The maximum absolute atomic E-state index is 12.4. The molecule has 142 valence electrons. The van der Waals surface area contributed by atoms with E-state index >= 15 is 0 Å². The number of amides is 2. The lowest BCUT2D eigenvalue weighted by molar-refractivity contribution is -0.134. The molecule has 0 saturated carbocycles. The van der Waals surface area contributed by atoms with Crippen molar-refractivity contribution in [3.63, 3.8) is 0 Å². The maximum Gasteiger partial charge on any atom is 0.255 e. The van der Waals surface area contributed by atoms with E-state index in [1.807, 2.05) is 60.3 Å². The van der Waals surface area contributed by atoms with Gasteiger partial charge in [-0.05, 0) is 42.0 Å². The first-order chi connectivity index (χ1) is 13.0. The van der Waals surface area contributed by atoms with Gasteiger partial charge in [-0.25, -0.2) is 0 Å². The number of morpholine rings is 1. The molecule has 1 aliphatic heterocycles. The summed E-state index contributed by atoms with van der Waals surface area (Å²) in [5, 5.41) is 2.89. The van der Waals surface area contributed by atoms with Crippen LogP contribution in [0.15, 0.2) is 48.5 Å². The van der Waals surface area contributed by atoms with Crippen LogP contribution in [0.4, 0.5) is 11.4 Å². The average Bonchev–Trinajstić information content (AvgIpc) is 2.70. The van der Waals surface area contributed by atoms with Crippen molar-refractivity contribution in [1.82, 2.24) is 4.90 Å². The lowest BCUT2D eigenvalue weighted by atomic mass is 10.1. The number of carbonyl (C=O) groups excluding carboxylic acids is 2. The number of ether oxygens (including phenoxy) is 1. The van der Waals surface area contributed by atoms with E-state index in [2.05, 4.69) is 5.32 Å². The van der Waals surface area contributed by atoms with Crippen molar-refractivity contribution in [2.24, 2.45) is 0 Å². The second kappa shape index (κ2) is 8.68. The van der Waals surface area contributed by atoms with Crippen LogP contribution in [0.25, 0.3) is 0 Å². The second-order valence-electron chi connectivity index (χ2n) is 6.76. The molecule has 27 heavy (non-hydrogen) atoms. The number of hydrogen-bond acceptors (Lipinski definition) is 4. The Morgan fingerprint density at radius 1 is 1.00 bits per heavy atom. The fraction of sp³-hybridized carbons (Fsp3) is 0.333. The third-order valence-electron chi connectivity index (χ3n) is 4.58. The van der Waals surface area contributed by atoms with Gasteiger partial charge in [0.05, 0.1) is 19.6 Å². The standard InChI is InChI=1S/C21H25N3O3/c1-23(2)19-9-5-17(6-10-19)21(26)22-18-7-3-16(4-8-18)15-20(25)24-11-13-27-14-12-24/h3-10H,11-15H2,1-2H3,(H,22,26). The van der Waals surface area contributed by atoms with Gasteiger partial charge in [-0.15, -0.1) is 0 Å². The molecule has 0 atom stereocenters. The summed E-state index contributed by atoms with van der Waals surface area (Å²) in [5.74, 6) is -0.0477. The summed E-state index contributed by atoms with van der Waals surface area (Å²) in [6.45, 7) is 2.51. The van der Waals surface area contributed by atoms with Crippen LogP contribution in [-0.2, 0) is 16.0 Å². The molecule has 0 bridgehead atoms. The first kappa shape index (κ1) is 18.9. The van der Waals surface area contributed by atoms with Gasteiger partial charge >= 0.3 is 0 Å². The summed E-state index contributed by atoms with van der Waals surface area (Å²) in [7, 11) is 3.92. The Morgan fingerprint density at radius 2 is 1.63 bits per heavy atom. The summed E-state index contributed by atoms with van der Waals surface area (Å²) in [5.41, 5.74) is 3.28. The summed E-state index contributed by atoms with van der Waals surface area (Å²) in [4.78, 5) is 28.5. The molecule has 1 heterocycles. The lowest BCUT2D eigenvalue weighted by Crippen LogP contribution is -2.41. The summed E-state index contributed by atoms with van der Waals surface area (Å²) < 4.78 is 5.27. The van der Waals surface area contributed by atoms with E-state index in [0.29, 0.717) is 44.0 Å². The molecular formula is C21H25N3O3. The third-order valence-corrected chi connectivity index (χ3v) is 4.58. The van der Waals surface area contributed by atoms with Crippen molar-refractivity contribution < 1.29 is 14.3 Å². The van der Waals surface area contributed by atoms with Crippen molar-refractivity contribution in [3.05, 3.63) is 59.7 Å². The van der Waals surface area contributed by atoms with Crippen molar-refractivity contribution in [1.29, 1.82) is 0 Å². The number of rotatable bonds is 5. The van der Waals surface area contributed by atoms with E-state index in [9.17, 15) is 9.59 Å². The van der Waals surface area contributed by atoms with Gasteiger partial charge in [-0.1, -0.05) is 12.1 Å². The van der Waals surface area contributed by atoms with Crippen LogP contribution in [0.5, 0.6) is 0 Å². The van der Waals surface area contributed by atoms with Crippen LogP contribution in [0.1, 0.15) is 15.9 Å². The van der Waals surface area contributed by atoms with Crippen LogP contribution in [0.3, 0.4) is 0 Å². The fourth-order valence-corrected chi connectivity index (χ4v) is 2.92. The second-order valence-corrected chi connectivity index (χ2v) is 6.76. The van der Waals surface area contributed by atoms with Crippen LogP contribution in [0, 0.1) is 0 Å². The molecule has 0 spiro atoms. The first-order valence-electron chi connectivity index (χ1n) is 9.06. The Kier molecular flexibility index (Phi) is 6.08.